The van der Waals surface area contributed by atoms with Gasteiger partial charge >= 0.3 is 0 Å². The Morgan fingerprint density at radius 3 is 1.61 bits per heavy atom. The molecule has 0 aliphatic heterocycles. The van der Waals surface area contributed by atoms with Crippen LogP contribution in [0.25, 0.3) is 0 Å². The highest BCUT2D eigenvalue weighted by Crippen LogP contribution is 2.32. The van der Waals surface area contributed by atoms with Crippen LogP contribution in [0.1, 0.15) is 31.4 Å². The highest BCUT2D eigenvalue weighted by molar-refractivity contribution is 14.0. The Morgan fingerprint density at radius 2 is 1.36 bits per heavy atom. The molecule has 0 heterocycles. The molecule has 0 saturated heterocycles. The number of hydrogen-bond donors (Lipinski definition) is 2. The molecule has 2 rings (SSSR count). The second kappa shape index (κ2) is 12.9. The zero-order chi connectivity index (χ0) is 20.3. The van der Waals surface area contributed by atoms with E-state index < -0.39 is 18.0 Å². The number of carbonyl (C=O) groups excluding carboxylic acids is 1. The summed E-state index contributed by atoms with van der Waals surface area (Å²) in [5.74, 6) is -1.29. The Hall–Kier alpha value is -1.48. The number of aliphatic carboxylic acids is 1. The lowest BCUT2D eigenvalue weighted by Gasteiger charge is -2.31. The number of likely N-dealkylation sites (N-methyl/N-ethyl adjacent to an activating group) is 1. The maximum absolute atomic E-state index is 10.9. The number of halogens is 1. The molecule has 0 spiro atoms. The van der Waals surface area contributed by atoms with E-state index >= 15 is 0 Å². The summed E-state index contributed by atoms with van der Waals surface area (Å²) < 4.78 is 0.983. The minimum atomic E-state index is -1.55. The molecular weight excluding hydrogens is 469 g/mol. The topological polar surface area (TPSA) is 80.6 Å². The average Bonchev–Trinajstić information content (AvgIpc) is 2.69. The van der Waals surface area contributed by atoms with E-state index in [2.05, 4.69) is 20.9 Å². The third kappa shape index (κ3) is 7.87. The largest absolute Gasteiger partial charge is 0.550 e. The van der Waals surface area contributed by atoms with Gasteiger partial charge in [0.25, 0.3) is 0 Å². The molecular formula is C22H32INO4. The van der Waals surface area contributed by atoms with Gasteiger partial charge in [0.1, 0.15) is 12.1 Å². The second-order valence-electron chi connectivity index (χ2n) is 6.84. The molecule has 0 aliphatic carbocycles. The summed E-state index contributed by atoms with van der Waals surface area (Å²) in [6.45, 7) is 7.71. The van der Waals surface area contributed by atoms with Crippen molar-refractivity contribution in [2.45, 2.75) is 25.9 Å². The fourth-order valence-electron chi connectivity index (χ4n) is 2.79. The van der Waals surface area contributed by atoms with Gasteiger partial charge in [0.05, 0.1) is 26.7 Å². The predicted molar refractivity (Wildman–Crippen MR) is 120 cm³/mol. The van der Waals surface area contributed by atoms with Gasteiger partial charge in [-0.25, -0.2) is 0 Å². The van der Waals surface area contributed by atoms with Crippen molar-refractivity contribution in [2.24, 2.45) is 0 Å². The molecule has 2 aromatic carbocycles. The van der Waals surface area contributed by atoms with E-state index in [1.807, 2.05) is 12.1 Å². The molecule has 0 bridgehead atoms. The lowest BCUT2D eigenvalue weighted by Crippen LogP contribution is -2.45. The molecule has 2 N–H and O–H groups in total. The first-order valence-electron chi connectivity index (χ1n) is 9.29. The van der Waals surface area contributed by atoms with Crippen LogP contribution in [-0.2, 0) is 10.4 Å². The van der Waals surface area contributed by atoms with Crippen LogP contribution < -0.4 is 5.11 Å². The Kier molecular flexibility index (Phi) is 12.2. The van der Waals surface area contributed by atoms with Crippen LogP contribution in [0.2, 0.25) is 0 Å². The molecule has 2 aromatic rings. The van der Waals surface area contributed by atoms with E-state index in [-0.39, 0.29) is 24.0 Å². The Bertz CT molecular complexity index is 636. The monoisotopic (exact) mass is 501 g/mol. The normalized spacial score (nSPS) is 11.0. The molecule has 0 aromatic heterocycles. The first-order chi connectivity index (χ1) is 12.8. The number of nitrogens with zero attached hydrogens (tertiary/aromatic N) is 1. The van der Waals surface area contributed by atoms with Gasteiger partial charge in [-0.2, -0.15) is 0 Å². The predicted octanol–water partition coefficient (Wildman–Crippen LogP) is 2.15. The zero-order valence-electron chi connectivity index (χ0n) is 16.9. The summed E-state index contributed by atoms with van der Waals surface area (Å²) in [5, 5.41) is 30.2. The molecule has 0 atom stereocenters. The minimum Gasteiger partial charge on any atom is -0.550 e. The van der Waals surface area contributed by atoms with Crippen molar-refractivity contribution in [2.75, 3.05) is 33.3 Å². The van der Waals surface area contributed by atoms with E-state index in [0.717, 1.165) is 24.1 Å². The number of aliphatic hydroxyl groups is 2. The number of hydrogen-bond acceptors (Lipinski definition) is 4. The first-order valence-corrected chi connectivity index (χ1v) is 9.29. The zero-order valence-corrected chi connectivity index (χ0v) is 19.2. The van der Waals surface area contributed by atoms with Crippen molar-refractivity contribution in [1.29, 1.82) is 0 Å². The lowest BCUT2D eigenvalue weighted by molar-refractivity contribution is -0.906. The third-order valence-corrected chi connectivity index (χ3v) is 5.07. The molecule has 0 fully saturated rings. The smallest absolute Gasteiger partial charge is 0.120 e. The van der Waals surface area contributed by atoms with Gasteiger partial charge in [-0.3, -0.25) is 0 Å². The molecule has 0 unspecified atom stereocenters. The van der Waals surface area contributed by atoms with Crippen molar-refractivity contribution in [1.82, 2.24) is 0 Å². The number of benzene rings is 2. The van der Waals surface area contributed by atoms with Crippen molar-refractivity contribution in [3.63, 3.8) is 0 Å². The second-order valence-corrected chi connectivity index (χ2v) is 6.84. The van der Waals surface area contributed by atoms with E-state index in [9.17, 15) is 15.0 Å². The SMILES string of the molecule is CC[N+](C)(CC)CCO.I.O=C([O-])CC(O)(c1ccccc1)c1ccccc1. The van der Waals surface area contributed by atoms with Crippen LogP contribution in [0.4, 0.5) is 0 Å². The summed E-state index contributed by atoms with van der Waals surface area (Å²) in [6.07, 6.45) is -0.471. The summed E-state index contributed by atoms with van der Waals surface area (Å²) in [4.78, 5) is 10.9. The van der Waals surface area contributed by atoms with Crippen molar-refractivity contribution in [3.8, 4) is 0 Å². The molecule has 6 heteroatoms. The number of aliphatic hydroxyl groups excluding tert-OH is 1. The summed E-state index contributed by atoms with van der Waals surface area (Å²) in [7, 11) is 2.16. The molecule has 0 amide bonds. The van der Waals surface area contributed by atoms with Crippen molar-refractivity contribution >= 4 is 29.9 Å². The van der Waals surface area contributed by atoms with Crippen LogP contribution in [0.15, 0.2) is 60.7 Å². The number of carboxylic acid groups (broad SMARTS) is 1. The number of quaternary nitrogens is 1. The molecule has 0 saturated carbocycles. The van der Waals surface area contributed by atoms with Crippen molar-refractivity contribution < 1.29 is 24.6 Å². The van der Waals surface area contributed by atoms with Crippen LogP contribution in [0.3, 0.4) is 0 Å². The van der Waals surface area contributed by atoms with Gasteiger partial charge in [-0.05, 0) is 25.0 Å². The van der Waals surface area contributed by atoms with Gasteiger partial charge < -0.3 is 24.6 Å². The first kappa shape index (κ1) is 26.5. The van der Waals surface area contributed by atoms with Crippen LogP contribution in [0, 0.1) is 0 Å². The van der Waals surface area contributed by atoms with Crippen LogP contribution >= 0.6 is 24.0 Å². The van der Waals surface area contributed by atoms with Crippen LogP contribution in [0.5, 0.6) is 0 Å². The number of carbonyl (C=O) groups is 1. The maximum Gasteiger partial charge on any atom is 0.120 e. The van der Waals surface area contributed by atoms with E-state index in [1.165, 1.54) is 0 Å². The Morgan fingerprint density at radius 1 is 0.964 bits per heavy atom. The summed E-state index contributed by atoms with van der Waals surface area (Å²) in [6, 6.07) is 17.5. The lowest BCUT2D eigenvalue weighted by atomic mass is 9.84. The number of rotatable bonds is 8. The van der Waals surface area contributed by atoms with Gasteiger partial charge in [-0.15, -0.1) is 24.0 Å². The fourth-order valence-corrected chi connectivity index (χ4v) is 2.79. The molecule has 0 radical (unpaired) electrons. The molecule has 0 aliphatic rings. The van der Waals surface area contributed by atoms with Crippen LogP contribution in [-0.4, -0.2) is 54.0 Å². The highest BCUT2D eigenvalue weighted by Gasteiger charge is 2.31. The Balaban J connectivity index is 0.000000627. The average molecular weight is 501 g/mol. The standard InChI is InChI=1S/C15H14O3.C7H18NO.HI/c16-14(17)11-15(18,12-7-3-1-4-8-12)13-9-5-2-6-10-13;1-4-8(3,5-2)6-7-9;/h1-10,18H,11H2,(H,16,17);9H,4-7H2,1-3H3;1H/q;+1;/p-1. The minimum absolute atomic E-state index is 0. The van der Waals surface area contributed by atoms with E-state index in [0.29, 0.717) is 17.7 Å². The molecule has 5 nitrogen and oxygen atoms in total. The summed E-state index contributed by atoms with van der Waals surface area (Å²) in [5.41, 5.74) is -0.470. The van der Waals surface area contributed by atoms with Gasteiger partial charge in [0.15, 0.2) is 0 Å². The van der Waals surface area contributed by atoms with Gasteiger partial charge in [-0.1, -0.05) is 60.7 Å². The fraction of sp³-hybridized carbons (Fsp3) is 0.409. The Labute approximate surface area is 185 Å². The molecule has 156 valence electrons. The quantitative estimate of drug-likeness (QED) is 0.429. The summed E-state index contributed by atoms with van der Waals surface area (Å²) >= 11 is 0. The van der Waals surface area contributed by atoms with E-state index in [4.69, 9.17) is 5.11 Å². The maximum atomic E-state index is 10.9. The number of carboxylic acids is 1. The third-order valence-electron chi connectivity index (χ3n) is 5.07. The molecule has 28 heavy (non-hydrogen) atoms. The van der Waals surface area contributed by atoms with Crippen molar-refractivity contribution in [3.05, 3.63) is 71.8 Å². The van der Waals surface area contributed by atoms with E-state index in [1.54, 1.807) is 48.5 Å². The highest BCUT2D eigenvalue weighted by atomic mass is 127. The van der Waals surface area contributed by atoms with Gasteiger partial charge in [0, 0.05) is 12.4 Å². The van der Waals surface area contributed by atoms with Gasteiger partial charge in [0.2, 0.25) is 0 Å².